The molecule has 44 heavy (non-hydrogen) atoms. The SMILES string of the molecule is CC(=O)OCC1O[C@@H](O[C@H]2C(C)C(OC(C)=O)[C@H](OCCCN=[N+]=[N-])O[C@H]2COC(C)=O)[C@@H](OC(C)=O)C(C)[C@H]1OC(C)=O. The standard InChI is InChI=1S/C27H41N3O14/c1-13-22(39-17(5)33)20(11-37-15(3)31)43-27(25(13)41-19(7)35)44-23-14(2)24(40-18(6)34)26(36-10-8-9-29-30-28)42-21(23)12-38-16(4)32/h13-14,20-27H,8-12H2,1-7H3/t13?,14?,20?,21-,22+,23-,24?,25-,26+,27-/m0/s1. The number of hydrogen-bond acceptors (Lipinski definition) is 15. The highest BCUT2D eigenvalue weighted by molar-refractivity contribution is 5.67. The third kappa shape index (κ3) is 11.2. The van der Waals surface area contributed by atoms with Gasteiger partial charge in [0.1, 0.15) is 31.5 Å². The number of azide groups is 1. The Morgan fingerprint density at radius 3 is 1.64 bits per heavy atom. The lowest BCUT2D eigenvalue weighted by Gasteiger charge is -2.48. The van der Waals surface area contributed by atoms with Crippen molar-refractivity contribution in [3.8, 4) is 0 Å². The van der Waals surface area contributed by atoms with Gasteiger partial charge in [-0.2, -0.15) is 0 Å². The first-order valence-electron chi connectivity index (χ1n) is 14.1. The molecule has 0 bridgehead atoms. The zero-order chi connectivity index (χ0) is 33.0. The molecule has 248 valence electrons. The summed E-state index contributed by atoms with van der Waals surface area (Å²) in [5, 5.41) is 3.45. The van der Waals surface area contributed by atoms with Gasteiger partial charge < -0.3 is 42.6 Å². The summed E-state index contributed by atoms with van der Waals surface area (Å²) in [6.45, 7) is 9.02. The molecular formula is C27H41N3O14. The number of hydrogen-bond donors (Lipinski definition) is 0. The molecule has 2 rings (SSSR count). The molecule has 0 saturated carbocycles. The van der Waals surface area contributed by atoms with Gasteiger partial charge in [0.25, 0.3) is 0 Å². The molecule has 17 heteroatoms. The Labute approximate surface area is 254 Å². The Kier molecular flexibility index (Phi) is 14.8. The molecule has 17 nitrogen and oxygen atoms in total. The van der Waals surface area contributed by atoms with Gasteiger partial charge in [-0.3, -0.25) is 24.0 Å². The Bertz CT molecular complexity index is 1060. The molecule has 0 aromatic carbocycles. The molecule has 4 unspecified atom stereocenters. The Hall–Kier alpha value is -3.50. The Balaban J connectivity index is 2.44. The van der Waals surface area contributed by atoms with Crippen LogP contribution in [0.5, 0.6) is 0 Å². The summed E-state index contributed by atoms with van der Waals surface area (Å²) >= 11 is 0. The van der Waals surface area contributed by atoms with Gasteiger partial charge >= 0.3 is 29.8 Å². The number of carbonyl (C=O) groups excluding carboxylic acids is 5. The van der Waals surface area contributed by atoms with E-state index in [0.29, 0.717) is 6.42 Å². The van der Waals surface area contributed by atoms with Crippen LogP contribution in [-0.4, -0.2) is 105 Å². The summed E-state index contributed by atoms with van der Waals surface area (Å²) in [6, 6.07) is 0. The maximum atomic E-state index is 12.1. The van der Waals surface area contributed by atoms with E-state index in [-0.39, 0.29) is 26.4 Å². The lowest BCUT2D eigenvalue weighted by Crippen LogP contribution is -2.62. The van der Waals surface area contributed by atoms with Gasteiger partial charge in [0, 0.05) is 57.9 Å². The van der Waals surface area contributed by atoms with Crippen molar-refractivity contribution in [1.82, 2.24) is 0 Å². The maximum Gasteiger partial charge on any atom is 0.303 e. The molecule has 2 saturated heterocycles. The molecule has 10 atom stereocenters. The normalized spacial score (nSPS) is 31.5. The summed E-state index contributed by atoms with van der Waals surface area (Å²) < 4.78 is 51.3. The Morgan fingerprint density at radius 2 is 1.14 bits per heavy atom. The van der Waals surface area contributed by atoms with Crippen LogP contribution < -0.4 is 0 Å². The molecule has 0 amide bonds. The third-order valence-corrected chi connectivity index (χ3v) is 6.81. The lowest BCUT2D eigenvalue weighted by atomic mass is 9.88. The second-order valence-corrected chi connectivity index (χ2v) is 10.4. The van der Waals surface area contributed by atoms with E-state index in [0.717, 1.165) is 0 Å². The monoisotopic (exact) mass is 631 g/mol. The van der Waals surface area contributed by atoms with E-state index in [9.17, 15) is 24.0 Å². The second-order valence-electron chi connectivity index (χ2n) is 10.4. The van der Waals surface area contributed by atoms with Gasteiger partial charge in [0.15, 0.2) is 24.8 Å². The lowest BCUT2D eigenvalue weighted by molar-refractivity contribution is -0.348. The van der Waals surface area contributed by atoms with Crippen LogP contribution in [0, 0.1) is 11.8 Å². The summed E-state index contributed by atoms with van der Waals surface area (Å²) in [4.78, 5) is 62.1. The van der Waals surface area contributed by atoms with E-state index in [4.69, 9.17) is 48.2 Å². The minimum absolute atomic E-state index is 0.0904. The average Bonchev–Trinajstić information content (AvgIpc) is 2.92. The molecule has 2 aliphatic rings. The van der Waals surface area contributed by atoms with Crippen LogP contribution in [0.15, 0.2) is 5.11 Å². The first-order chi connectivity index (χ1) is 20.7. The number of esters is 5. The summed E-state index contributed by atoms with van der Waals surface area (Å²) in [6.07, 6.45) is -8.20. The fourth-order valence-electron chi connectivity index (χ4n) is 4.94. The fourth-order valence-corrected chi connectivity index (χ4v) is 4.94. The summed E-state index contributed by atoms with van der Waals surface area (Å²) in [7, 11) is 0. The maximum absolute atomic E-state index is 12.1. The second kappa shape index (κ2) is 17.7. The van der Waals surface area contributed by atoms with E-state index < -0.39 is 90.9 Å². The zero-order valence-corrected chi connectivity index (χ0v) is 25.9. The fraction of sp³-hybridized carbons (Fsp3) is 0.815. The van der Waals surface area contributed by atoms with E-state index >= 15 is 0 Å². The van der Waals surface area contributed by atoms with Crippen molar-refractivity contribution < 1.29 is 66.6 Å². The van der Waals surface area contributed by atoms with Crippen molar-refractivity contribution in [1.29, 1.82) is 0 Å². The zero-order valence-electron chi connectivity index (χ0n) is 25.9. The number of nitrogens with zero attached hydrogens (tertiary/aromatic N) is 3. The molecule has 0 spiro atoms. The number of rotatable bonds is 14. The number of carbonyl (C=O) groups is 5. The molecule has 2 heterocycles. The molecular weight excluding hydrogens is 590 g/mol. The summed E-state index contributed by atoms with van der Waals surface area (Å²) in [5.41, 5.74) is 8.50. The largest absolute Gasteiger partial charge is 0.463 e. The van der Waals surface area contributed by atoms with E-state index in [1.54, 1.807) is 13.8 Å². The van der Waals surface area contributed by atoms with E-state index in [1.807, 2.05) is 0 Å². The topological polar surface area (TPSA) is 217 Å². The third-order valence-electron chi connectivity index (χ3n) is 6.81. The molecule has 2 fully saturated rings. The van der Waals surface area contributed by atoms with Crippen molar-refractivity contribution in [3.63, 3.8) is 0 Å². The molecule has 0 aromatic rings. The average molecular weight is 632 g/mol. The van der Waals surface area contributed by atoms with Gasteiger partial charge in [0.2, 0.25) is 0 Å². The van der Waals surface area contributed by atoms with Crippen molar-refractivity contribution in [3.05, 3.63) is 10.4 Å². The van der Waals surface area contributed by atoms with Crippen LogP contribution in [-0.2, 0) is 66.6 Å². The van der Waals surface area contributed by atoms with Gasteiger partial charge in [-0.05, 0) is 12.0 Å². The minimum atomic E-state index is -1.32. The van der Waals surface area contributed by atoms with Crippen molar-refractivity contribution >= 4 is 29.8 Å². The number of ether oxygens (including phenoxy) is 9. The molecule has 2 aliphatic heterocycles. The molecule has 0 aliphatic carbocycles. The van der Waals surface area contributed by atoms with Crippen molar-refractivity contribution in [2.45, 2.75) is 104 Å². The van der Waals surface area contributed by atoms with Crippen LogP contribution in [0.3, 0.4) is 0 Å². The van der Waals surface area contributed by atoms with Crippen molar-refractivity contribution in [2.24, 2.45) is 17.0 Å². The minimum Gasteiger partial charge on any atom is -0.463 e. The summed E-state index contributed by atoms with van der Waals surface area (Å²) in [5.74, 6) is -4.51. The van der Waals surface area contributed by atoms with Crippen LogP contribution in [0.1, 0.15) is 54.9 Å². The Morgan fingerprint density at radius 1 is 0.682 bits per heavy atom. The first kappa shape index (κ1) is 36.7. The van der Waals surface area contributed by atoms with Gasteiger partial charge in [-0.1, -0.05) is 19.0 Å². The van der Waals surface area contributed by atoms with Crippen LogP contribution in [0.4, 0.5) is 0 Å². The highest BCUT2D eigenvalue weighted by Crippen LogP contribution is 2.37. The molecule has 0 radical (unpaired) electrons. The van der Waals surface area contributed by atoms with Gasteiger partial charge in [-0.15, -0.1) is 0 Å². The predicted molar refractivity (Wildman–Crippen MR) is 145 cm³/mol. The van der Waals surface area contributed by atoms with E-state index in [2.05, 4.69) is 10.0 Å². The van der Waals surface area contributed by atoms with Crippen LogP contribution >= 0.6 is 0 Å². The highest BCUT2D eigenvalue weighted by Gasteiger charge is 2.53. The van der Waals surface area contributed by atoms with Crippen LogP contribution in [0.25, 0.3) is 10.4 Å². The van der Waals surface area contributed by atoms with Gasteiger partial charge in [0.05, 0.1) is 12.7 Å². The molecule has 0 aromatic heterocycles. The predicted octanol–water partition coefficient (Wildman–Crippen LogP) is 1.73. The molecule has 0 N–H and O–H groups in total. The van der Waals surface area contributed by atoms with Gasteiger partial charge in [-0.25, -0.2) is 0 Å². The highest BCUT2D eigenvalue weighted by atomic mass is 16.8. The van der Waals surface area contributed by atoms with Crippen molar-refractivity contribution in [2.75, 3.05) is 26.4 Å². The quantitative estimate of drug-likeness (QED) is 0.0666. The van der Waals surface area contributed by atoms with Crippen LogP contribution in [0.2, 0.25) is 0 Å². The van der Waals surface area contributed by atoms with E-state index in [1.165, 1.54) is 34.6 Å². The first-order valence-corrected chi connectivity index (χ1v) is 14.1. The smallest absolute Gasteiger partial charge is 0.303 e.